The zero-order valence-corrected chi connectivity index (χ0v) is 20.2. The Hall–Kier alpha value is -3.81. The Kier molecular flexibility index (Phi) is 8.16. The fraction of sp³-hybridized carbons (Fsp3) is 0.310. The minimum atomic E-state index is -4.54. The molecule has 5 nitrogen and oxygen atoms in total. The predicted octanol–water partition coefficient (Wildman–Crippen LogP) is 5.87. The molecule has 1 aliphatic carbocycles. The molecule has 3 N–H and O–H groups in total. The highest BCUT2D eigenvalue weighted by molar-refractivity contribution is 5.99. The number of phenols is 1. The average molecular weight is 511 g/mol. The van der Waals surface area contributed by atoms with E-state index in [2.05, 4.69) is 10.6 Å². The van der Waals surface area contributed by atoms with Gasteiger partial charge in [-0.15, -0.1) is 0 Å². The maximum Gasteiger partial charge on any atom is 0.416 e. The van der Waals surface area contributed by atoms with Crippen LogP contribution in [0.3, 0.4) is 0 Å². The molecule has 1 saturated carbocycles. The Bertz CT molecular complexity index is 1240. The molecule has 0 bridgehead atoms. The third-order valence-corrected chi connectivity index (χ3v) is 6.62. The van der Waals surface area contributed by atoms with Crippen LogP contribution in [0, 0.1) is 0 Å². The Labute approximate surface area is 213 Å². The third kappa shape index (κ3) is 6.90. The van der Waals surface area contributed by atoms with Crippen molar-refractivity contribution >= 4 is 11.8 Å². The van der Waals surface area contributed by atoms with E-state index < -0.39 is 23.7 Å². The van der Waals surface area contributed by atoms with Crippen LogP contribution in [0.5, 0.6) is 5.75 Å². The van der Waals surface area contributed by atoms with Crippen LogP contribution in [0.2, 0.25) is 0 Å². The monoisotopic (exact) mass is 510 g/mol. The number of amides is 2. The van der Waals surface area contributed by atoms with Crippen LogP contribution in [0.1, 0.15) is 53.6 Å². The molecule has 0 aromatic heterocycles. The first-order valence-electron chi connectivity index (χ1n) is 12.4. The van der Waals surface area contributed by atoms with Gasteiger partial charge in [-0.25, -0.2) is 0 Å². The molecule has 0 spiro atoms. The van der Waals surface area contributed by atoms with Gasteiger partial charge in [0.15, 0.2) is 0 Å². The Morgan fingerprint density at radius 1 is 0.919 bits per heavy atom. The van der Waals surface area contributed by atoms with Crippen molar-refractivity contribution in [3.05, 3.63) is 89.5 Å². The SMILES string of the molecule is O=C(N[C@@H](Cc1ccccc1)C(=O)NC1CCCCC1)c1ccc(O)c(-c2cccc(C(F)(F)F)c2)c1. The summed E-state index contributed by atoms with van der Waals surface area (Å²) in [6, 6.07) is 17.1. The van der Waals surface area contributed by atoms with Gasteiger partial charge in [0.1, 0.15) is 11.8 Å². The number of aromatic hydroxyl groups is 1. The highest BCUT2D eigenvalue weighted by Crippen LogP contribution is 2.35. The molecule has 1 aliphatic rings. The van der Waals surface area contributed by atoms with Gasteiger partial charge in [-0.05, 0) is 54.3 Å². The Morgan fingerprint density at radius 2 is 1.65 bits per heavy atom. The van der Waals surface area contributed by atoms with Gasteiger partial charge in [0, 0.05) is 23.6 Å². The molecule has 1 atom stereocenters. The quantitative estimate of drug-likeness (QED) is 0.372. The lowest BCUT2D eigenvalue weighted by atomic mass is 9.95. The molecule has 3 aromatic carbocycles. The second kappa shape index (κ2) is 11.5. The summed E-state index contributed by atoms with van der Waals surface area (Å²) >= 11 is 0. The highest BCUT2D eigenvalue weighted by Gasteiger charge is 2.31. The molecule has 3 aromatic rings. The van der Waals surface area contributed by atoms with Crippen LogP contribution in [-0.4, -0.2) is 29.0 Å². The summed E-state index contributed by atoms with van der Waals surface area (Å²) in [7, 11) is 0. The number of hydrogen-bond donors (Lipinski definition) is 3. The summed E-state index contributed by atoms with van der Waals surface area (Å²) in [5.74, 6) is -1.10. The van der Waals surface area contributed by atoms with Gasteiger partial charge in [0.2, 0.25) is 5.91 Å². The normalized spacial score (nSPS) is 15.1. The first-order chi connectivity index (χ1) is 17.7. The van der Waals surface area contributed by atoms with E-state index in [4.69, 9.17) is 0 Å². The number of phenolic OH excluding ortho intramolecular Hbond substituents is 1. The molecule has 2 amide bonds. The van der Waals surface area contributed by atoms with E-state index in [9.17, 15) is 27.9 Å². The standard InChI is InChI=1S/C29H29F3N2O3/c30-29(31,32)22-11-7-10-20(17-22)24-18-21(14-15-26(24)35)27(36)34-25(16-19-8-3-1-4-9-19)28(37)33-23-12-5-2-6-13-23/h1,3-4,7-11,14-15,17-18,23,25,35H,2,5-6,12-13,16H2,(H,33,37)(H,34,36)/t25-/m0/s1. The highest BCUT2D eigenvalue weighted by atomic mass is 19.4. The number of halogens is 3. The van der Waals surface area contributed by atoms with E-state index in [1.807, 2.05) is 30.3 Å². The minimum Gasteiger partial charge on any atom is -0.507 e. The predicted molar refractivity (Wildman–Crippen MR) is 135 cm³/mol. The van der Waals surface area contributed by atoms with Crippen molar-refractivity contribution in [1.29, 1.82) is 0 Å². The first-order valence-corrected chi connectivity index (χ1v) is 12.4. The fourth-order valence-corrected chi connectivity index (χ4v) is 4.62. The molecule has 194 valence electrons. The van der Waals surface area contributed by atoms with E-state index in [1.54, 1.807) is 0 Å². The number of carbonyl (C=O) groups is 2. The molecule has 0 heterocycles. The van der Waals surface area contributed by atoms with Crippen molar-refractivity contribution < 1.29 is 27.9 Å². The summed E-state index contributed by atoms with van der Waals surface area (Å²) < 4.78 is 39.6. The summed E-state index contributed by atoms with van der Waals surface area (Å²) in [5, 5.41) is 16.2. The molecule has 0 radical (unpaired) electrons. The lowest BCUT2D eigenvalue weighted by molar-refractivity contribution is -0.137. The number of carbonyl (C=O) groups excluding carboxylic acids is 2. The zero-order chi connectivity index (χ0) is 26.4. The topological polar surface area (TPSA) is 78.4 Å². The van der Waals surface area contributed by atoms with Crippen molar-refractivity contribution in [3.8, 4) is 16.9 Å². The van der Waals surface area contributed by atoms with Crippen LogP contribution in [0.25, 0.3) is 11.1 Å². The summed E-state index contributed by atoms with van der Waals surface area (Å²) in [4.78, 5) is 26.4. The number of alkyl halides is 3. The minimum absolute atomic E-state index is 0.0672. The number of hydrogen-bond acceptors (Lipinski definition) is 3. The smallest absolute Gasteiger partial charge is 0.416 e. The van der Waals surface area contributed by atoms with Crippen molar-refractivity contribution in [2.45, 2.75) is 56.8 Å². The molecule has 4 rings (SSSR count). The van der Waals surface area contributed by atoms with Gasteiger partial charge >= 0.3 is 6.18 Å². The van der Waals surface area contributed by atoms with Crippen molar-refractivity contribution in [2.75, 3.05) is 0 Å². The van der Waals surface area contributed by atoms with Crippen LogP contribution in [0.15, 0.2) is 72.8 Å². The largest absolute Gasteiger partial charge is 0.507 e. The lowest BCUT2D eigenvalue weighted by Gasteiger charge is -2.26. The van der Waals surface area contributed by atoms with Crippen molar-refractivity contribution in [1.82, 2.24) is 10.6 Å². The Morgan fingerprint density at radius 3 is 2.35 bits per heavy atom. The molecule has 0 aliphatic heterocycles. The van der Waals surface area contributed by atoms with Gasteiger partial charge in [0.25, 0.3) is 5.91 Å². The molecule has 8 heteroatoms. The summed E-state index contributed by atoms with van der Waals surface area (Å²) in [5.41, 5.74) is 0.347. The van der Waals surface area contributed by atoms with Crippen molar-refractivity contribution in [3.63, 3.8) is 0 Å². The summed E-state index contributed by atoms with van der Waals surface area (Å²) in [6.45, 7) is 0. The van der Waals surface area contributed by atoms with E-state index in [-0.39, 0.29) is 40.8 Å². The van der Waals surface area contributed by atoms with Crippen LogP contribution in [0.4, 0.5) is 13.2 Å². The van der Waals surface area contributed by atoms with Crippen LogP contribution in [-0.2, 0) is 17.4 Å². The molecule has 37 heavy (non-hydrogen) atoms. The van der Waals surface area contributed by atoms with Crippen LogP contribution < -0.4 is 10.6 Å². The van der Waals surface area contributed by atoms with E-state index in [0.717, 1.165) is 49.8 Å². The Balaban J connectivity index is 1.57. The maximum absolute atomic E-state index is 13.2. The second-order valence-electron chi connectivity index (χ2n) is 9.37. The van der Waals surface area contributed by atoms with E-state index in [1.165, 1.54) is 30.3 Å². The molecule has 0 saturated heterocycles. The first kappa shape index (κ1) is 26.3. The molecular formula is C29H29F3N2O3. The van der Waals surface area contributed by atoms with Gasteiger partial charge in [-0.3, -0.25) is 9.59 Å². The zero-order valence-electron chi connectivity index (χ0n) is 20.2. The average Bonchev–Trinajstić information content (AvgIpc) is 2.89. The lowest BCUT2D eigenvalue weighted by Crippen LogP contribution is -2.51. The van der Waals surface area contributed by atoms with Crippen LogP contribution >= 0.6 is 0 Å². The van der Waals surface area contributed by atoms with Gasteiger partial charge in [-0.1, -0.05) is 61.7 Å². The maximum atomic E-state index is 13.2. The van der Waals surface area contributed by atoms with Gasteiger partial charge in [-0.2, -0.15) is 13.2 Å². The second-order valence-corrected chi connectivity index (χ2v) is 9.37. The van der Waals surface area contributed by atoms with Gasteiger partial charge < -0.3 is 15.7 Å². The number of rotatable bonds is 7. The molecule has 0 unspecified atom stereocenters. The van der Waals surface area contributed by atoms with E-state index >= 15 is 0 Å². The fourth-order valence-electron chi connectivity index (χ4n) is 4.62. The van der Waals surface area contributed by atoms with Crippen molar-refractivity contribution in [2.24, 2.45) is 0 Å². The molecule has 1 fully saturated rings. The van der Waals surface area contributed by atoms with Gasteiger partial charge in [0.05, 0.1) is 5.56 Å². The van der Waals surface area contributed by atoms with E-state index in [0.29, 0.717) is 0 Å². The number of nitrogens with one attached hydrogen (secondary N) is 2. The third-order valence-electron chi connectivity index (χ3n) is 6.62. The summed E-state index contributed by atoms with van der Waals surface area (Å²) in [6.07, 6.45) is 0.775. The number of benzene rings is 3. The molecular weight excluding hydrogens is 481 g/mol.